The minimum Gasteiger partial charge on any atom is -0.486 e. The van der Waals surface area contributed by atoms with Gasteiger partial charge >= 0.3 is 6.61 Å². The molecule has 0 radical (unpaired) electrons. The summed E-state index contributed by atoms with van der Waals surface area (Å²) in [6.07, 6.45) is 2.96. The minimum absolute atomic E-state index is 0.0361. The van der Waals surface area contributed by atoms with Gasteiger partial charge in [-0.25, -0.2) is 4.98 Å². The molecular formula is C31H25ClF2N4O4. The number of carbonyl (C=O) groups excluding carboxylic acids is 1. The number of rotatable bonds is 9. The summed E-state index contributed by atoms with van der Waals surface area (Å²) in [5.74, 6) is 1.12. The molecule has 2 aromatic heterocycles. The van der Waals surface area contributed by atoms with Gasteiger partial charge in [-0.1, -0.05) is 29.8 Å². The van der Waals surface area contributed by atoms with E-state index < -0.39 is 6.61 Å². The van der Waals surface area contributed by atoms with Crippen molar-refractivity contribution in [1.82, 2.24) is 14.5 Å². The van der Waals surface area contributed by atoms with Gasteiger partial charge in [-0.2, -0.15) is 8.78 Å². The van der Waals surface area contributed by atoms with Crippen molar-refractivity contribution in [3.8, 4) is 22.6 Å². The number of alkyl halides is 2. The van der Waals surface area contributed by atoms with E-state index in [-0.39, 0.29) is 35.4 Å². The Balaban J connectivity index is 1.39. The number of amides is 1. The summed E-state index contributed by atoms with van der Waals surface area (Å²) >= 11 is 6.48. The molecule has 0 saturated carbocycles. The summed E-state index contributed by atoms with van der Waals surface area (Å²) in [7, 11) is 0. The fourth-order valence-corrected chi connectivity index (χ4v) is 5.32. The van der Waals surface area contributed by atoms with Crippen LogP contribution in [0.3, 0.4) is 0 Å². The third kappa shape index (κ3) is 5.71. The maximum Gasteiger partial charge on any atom is 0.387 e. The van der Waals surface area contributed by atoms with Crippen LogP contribution in [0.2, 0.25) is 5.02 Å². The Morgan fingerprint density at radius 2 is 1.83 bits per heavy atom. The van der Waals surface area contributed by atoms with Crippen LogP contribution in [0.1, 0.15) is 24.2 Å². The molecule has 1 saturated heterocycles. The van der Waals surface area contributed by atoms with Crippen LogP contribution in [0, 0.1) is 0 Å². The lowest BCUT2D eigenvalue weighted by Crippen LogP contribution is -2.23. The highest BCUT2D eigenvalue weighted by Gasteiger charge is 2.22. The molecule has 1 N–H and O–H groups in total. The molecule has 214 valence electrons. The molecule has 0 atom stereocenters. The van der Waals surface area contributed by atoms with Gasteiger partial charge < -0.3 is 23.9 Å². The number of benzene rings is 3. The summed E-state index contributed by atoms with van der Waals surface area (Å²) in [6, 6.07) is 20.7. The smallest absolute Gasteiger partial charge is 0.387 e. The lowest BCUT2D eigenvalue weighted by molar-refractivity contribution is -0.117. The van der Waals surface area contributed by atoms with Crippen molar-refractivity contribution in [2.45, 2.75) is 32.6 Å². The van der Waals surface area contributed by atoms with Gasteiger partial charge in [-0.15, -0.1) is 0 Å². The molecule has 0 aliphatic carbocycles. The maximum atomic E-state index is 13.2. The number of pyridine rings is 1. The number of aromatic nitrogens is 3. The lowest BCUT2D eigenvalue weighted by Gasteiger charge is -2.17. The van der Waals surface area contributed by atoms with Gasteiger partial charge in [0, 0.05) is 47.6 Å². The van der Waals surface area contributed by atoms with Crippen LogP contribution in [-0.4, -0.2) is 33.6 Å². The Morgan fingerprint density at radius 3 is 2.60 bits per heavy atom. The molecule has 8 nitrogen and oxygen atoms in total. The molecule has 1 aliphatic heterocycles. The van der Waals surface area contributed by atoms with Crippen LogP contribution < -0.4 is 19.9 Å². The van der Waals surface area contributed by atoms with Crippen molar-refractivity contribution >= 4 is 34.2 Å². The Morgan fingerprint density at radius 1 is 1.00 bits per heavy atom. The van der Waals surface area contributed by atoms with Crippen LogP contribution in [0.15, 0.2) is 83.8 Å². The standard InChI is InChI=1S/C31H25ClF2N4O4/c32-24-6-2-7-27(42-31(33)34)23(24)17-38-26-14-19(20-10-12-29(39)35-16-20)9-11-25(26)36-28(38)18-41-22-5-1-4-21(15-22)37-13-3-8-30(37)40/h1-2,4-7,9-12,14-16,31H,3,8,13,17-18H2,(H,35,39). The van der Waals surface area contributed by atoms with E-state index in [2.05, 4.69) is 4.98 Å². The quantitative estimate of drug-likeness (QED) is 0.215. The Bertz CT molecular complexity index is 1820. The van der Waals surface area contributed by atoms with Crippen LogP contribution >= 0.6 is 11.6 Å². The normalized spacial score (nSPS) is 13.3. The summed E-state index contributed by atoms with van der Waals surface area (Å²) in [5.41, 5.74) is 3.88. The van der Waals surface area contributed by atoms with Gasteiger partial charge in [0.2, 0.25) is 11.5 Å². The minimum atomic E-state index is -3.02. The van der Waals surface area contributed by atoms with E-state index in [0.29, 0.717) is 41.1 Å². The molecule has 0 bridgehead atoms. The number of nitrogens with one attached hydrogen (secondary N) is 1. The summed E-state index contributed by atoms with van der Waals surface area (Å²) in [6.45, 7) is -2.23. The molecule has 42 heavy (non-hydrogen) atoms. The number of carbonyl (C=O) groups is 1. The molecular weight excluding hydrogens is 566 g/mol. The van der Waals surface area contributed by atoms with Crippen LogP contribution in [0.4, 0.5) is 14.5 Å². The second-order valence-corrected chi connectivity index (χ2v) is 10.2. The van der Waals surface area contributed by atoms with Crippen LogP contribution in [0.5, 0.6) is 11.5 Å². The molecule has 3 aromatic carbocycles. The summed E-state index contributed by atoms with van der Waals surface area (Å²) in [5, 5.41) is 0.265. The highest BCUT2D eigenvalue weighted by Crippen LogP contribution is 2.32. The molecule has 11 heteroatoms. The number of hydrogen-bond acceptors (Lipinski definition) is 5. The monoisotopic (exact) mass is 590 g/mol. The van der Waals surface area contributed by atoms with E-state index in [1.807, 2.05) is 41.0 Å². The van der Waals surface area contributed by atoms with Crippen LogP contribution in [-0.2, 0) is 17.9 Å². The summed E-state index contributed by atoms with van der Waals surface area (Å²) < 4.78 is 39.2. The van der Waals surface area contributed by atoms with E-state index >= 15 is 0 Å². The van der Waals surface area contributed by atoms with Gasteiger partial charge in [-0.05, 0) is 60.0 Å². The molecule has 5 aromatic rings. The van der Waals surface area contributed by atoms with Gasteiger partial charge in [0.05, 0.1) is 17.6 Å². The fraction of sp³-hybridized carbons (Fsp3) is 0.194. The molecule has 6 rings (SSSR count). The third-order valence-corrected chi connectivity index (χ3v) is 7.48. The van der Waals surface area contributed by atoms with Gasteiger partial charge in [-0.3, -0.25) is 9.59 Å². The molecule has 0 spiro atoms. The Labute approximate surface area is 244 Å². The number of anilines is 1. The van der Waals surface area contributed by atoms with E-state index in [9.17, 15) is 18.4 Å². The van der Waals surface area contributed by atoms with E-state index in [4.69, 9.17) is 26.1 Å². The predicted octanol–water partition coefficient (Wildman–Crippen LogP) is 6.40. The zero-order chi connectivity index (χ0) is 29.2. The van der Waals surface area contributed by atoms with Crippen LogP contribution in [0.25, 0.3) is 22.2 Å². The van der Waals surface area contributed by atoms with E-state index in [0.717, 1.165) is 23.2 Å². The predicted molar refractivity (Wildman–Crippen MR) is 155 cm³/mol. The number of H-pyrrole nitrogens is 1. The third-order valence-electron chi connectivity index (χ3n) is 7.12. The zero-order valence-corrected chi connectivity index (χ0v) is 23.0. The van der Waals surface area contributed by atoms with Crippen molar-refractivity contribution < 1.29 is 23.0 Å². The van der Waals surface area contributed by atoms with Crippen molar-refractivity contribution in [1.29, 1.82) is 0 Å². The average molecular weight is 591 g/mol. The number of aromatic amines is 1. The first-order valence-corrected chi connectivity index (χ1v) is 13.7. The number of halogens is 3. The zero-order valence-electron chi connectivity index (χ0n) is 22.2. The Kier molecular flexibility index (Phi) is 7.62. The number of hydrogen-bond donors (Lipinski definition) is 1. The fourth-order valence-electron chi connectivity index (χ4n) is 5.10. The molecule has 1 fully saturated rings. The average Bonchev–Trinajstić information content (AvgIpc) is 3.56. The van der Waals surface area contributed by atoms with E-state index in [1.165, 1.54) is 12.1 Å². The first kappa shape index (κ1) is 27.5. The topological polar surface area (TPSA) is 89.5 Å². The van der Waals surface area contributed by atoms with Gasteiger partial charge in [0.15, 0.2) is 0 Å². The van der Waals surface area contributed by atoms with Crippen molar-refractivity contribution in [2.75, 3.05) is 11.4 Å². The lowest BCUT2D eigenvalue weighted by atomic mass is 10.1. The molecule has 0 unspecified atom stereocenters. The highest BCUT2D eigenvalue weighted by atomic mass is 35.5. The second kappa shape index (κ2) is 11.7. The second-order valence-electron chi connectivity index (χ2n) is 9.79. The van der Waals surface area contributed by atoms with Gasteiger partial charge in [0.1, 0.15) is 23.9 Å². The maximum absolute atomic E-state index is 13.2. The van der Waals surface area contributed by atoms with Gasteiger partial charge in [0.25, 0.3) is 0 Å². The molecule has 1 aliphatic rings. The van der Waals surface area contributed by atoms with Crippen molar-refractivity contribution in [3.05, 3.63) is 106 Å². The van der Waals surface area contributed by atoms with E-state index in [1.54, 1.807) is 35.4 Å². The van der Waals surface area contributed by atoms with Crippen molar-refractivity contribution in [3.63, 3.8) is 0 Å². The SMILES string of the molecule is O=C1CCCN1c1cccc(OCc2nc3ccc(-c4ccc(=O)[nH]c4)cc3n2Cc2c(Cl)cccc2OC(F)F)c1. The largest absolute Gasteiger partial charge is 0.486 e. The number of imidazole rings is 1. The molecule has 1 amide bonds. The first-order valence-electron chi connectivity index (χ1n) is 13.3. The Hall–Kier alpha value is -4.70. The molecule has 3 heterocycles. The highest BCUT2D eigenvalue weighted by molar-refractivity contribution is 6.31. The number of fused-ring (bicyclic) bond motifs is 1. The number of nitrogens with zero attached hydrogens (tertiary/aromatic N) is 3. The number of ether oxygens (including phenoxy) is 2. The summed E-state index contributed by atoms with van der Waals surface area (Å²) in [4.78, 5) is 33.0. The first-order chi connectivity index (χ1) is 20.4. The van der Waals surface area contributed by atoms with Crippen molar-refractivity contribution in [2.24, 2.45) is 0 Å².